The Labute approximate surface area is 96.5 Å². The normalized spacial score (nSPS) is 11.1. The summed E-state index contributed by atoms with van der Waals surface area (Å²) in [5.74, 6) is 0.776. The molecule has 3 aromatic heterocycles. The zero-order valence-electron chi connectivity index (χ0n) is 8.60. The molecule has 5 heteroatoms. The lowest BCUT2D eigenvalue weighted by molar-refractivity contribution is 0.579. The summed E-state index contributed by atoms with van der Waals surface area (Å²) in [7, 11) is 0. The fourth-order valence-electron chi connectivity index (χ4n) is 1.67. The molecule has 3 rings (SSSR count). The molecule has 1 N–H and O–H groups in total. The van der Waals surface area contributed by atoms with Gasteiger partial charge in [0.2, 0.25) is 0 Å². The minimum Gasteiger partial charge on any atom is -0.463 e. The number of aromatic nitrogens is 3. The fourth-order valence-corrected chi connectivity index (χ4v) is 1.98. The molecule has 0 unspecified atom stereocenters. The van der Waals surface area contributed by atoms with E-state index in [1.165, 1.54) is 0 Å². The topological polar surface area (TPSA) is 46.2 Å². The van der Waals surface area contributed by atoms with E-state index in [2.05, 4.69) is 10.1 Å². The highest BCUT2D eigenvalue weighted by atomic mass is 32.1. The van der Waals surface area contributed by atoms with Crippen LogP contribution in [0.4, 0.5) is 0 Å². The van der Waals surface area contributed by atoms with Gasteiger partial charge in [0.05, 0.1) is 6.26 Å². The molecule has 0 aliphatic carbocycles. The molecule has 0 atom stereocenters. The summed E-state index contributed by atoms with van der Waals surface area (Å²) in [6.07, 6.45) is 1.64. The Hall–Kier alpha value is -1.88. The van der Waals surface area contributed by atoms with Crippen LogP contribution >= 0.6 is 12.2 Å². The monoisotopic (exact) mass is 231 g/mol. The van der Waals surface area contributed by atoms with Gasteiger partial charge in [-0.05, 0) is 25.1 Å². The van der Waals surface area contributed by atoms with Crippen molar-refractivity contribution in [1.29, 1.82) is 0 Å². The molecule has 0 saturated carbocycles. The van der Waals surface area contributed by atoms with Crippen LogP contribution in [0.5, 0.6) is 0 Å². The van der Waals surface area contributed by atoms with Crippen LogP contribution in [0.1, 0.15) is 5.69 Å². The van der Waals surface area contributed by atoms with Crippen molar-refractivity contribution in [2.24, 2.45) is 0 Å². The minimum atomic E-state index is 0.709. The standard InChI is InChI=1S/C11H9N3OS/c1-7-5-11(16)14-10(12-7)6-8(13-14)9-3-2-4-15-9/h2-6,13H,1H3. The smallest absolute Gasteiger partial charge is 0.155 e. The van der Waals surface area contributed by atoms with Gasteiger partial charge in [-0.2, -0.15) is 0 Å². The first-order valence-corrected chi connectivity index (χ1v) is 5.28. The van der Waals surface area contributed by atoms with Crippen molar-refractivity contribution in [2.75, 3.05) is 0 Å². The van der Waals surface area contributed by atoms with Crippen molar-refractivity contribution in [2.45, 2.75) is 6.92 Å². The van der Waals surface area contributed by atoms with E-state index in [0.717, 1.165) is 22.8 Å². The van der Waals surface area contributed by atoms with Gasteiger partial charge in [-0.15, -0.1) is 0 Å². The molecule has 0 aliphatic rings. The molecule has 0 aliphatic heterocycles. The summed E-state index contributed by atoms with van der Waals surface area (Å²) < 4.78 is 7.79. The molecular weight excluding hydrogens is 222 g/mol. The van der Waals surface area contributed by atoms with Crippen LogP contribution < -0.4 is 0 Å². The second kappa shape index (κ2) is 3.31. The van der Waals surface area contributed by atoms with Gasteiger partial charge in [-0.1, -0.05) is 12.2 Å². The lowest BCUT2D eigenvalue weighted by Crippen LogP contribution is -1.93. The molecule has 16 heavy (non-hydrogen) atoms. The van der Waals surface area contributed by atoms with E-state index in [9.17, 15) is 0 Å². The largest absolute Gasteiger partial charge is 0.463 e. The Kier molecular flexibility index (Phi) is 1.94. The molecule has 3 aromatic rings. The number of H-pyrrole nitrogens is 1. The average Bonchev–Trinajstić information content (AvgIpc) is 2.82. The molecule has 3 heterocycles. The van der Waals surface area contributed by atoms with E-state index in [0.29, 0.717) is 4.64 Å². The maximum atomic E-state index is 5.31. The predicted octanol–water partition coefficient (Wildman–Crippen LogP) is 2.96. The summed E-state index contributed by atoms with van der Waals surface area (Å²) in [6, 6.07) is 7.51. The number of rotatable bonds is 1. The lowest BCUT2D eigenvalue weighted by Gasteiger charge is -1.94. The van der Waals surface area contributed by atoms with E-state index in [-0.39, 0.29) is 0 Å². The highest BCUT2D eigenvalue weighted by Gasteiger charge is 2.06. The SMILES string of the molecule is Cc1cc(=S)n2[nH]c(-c3ccco3)cc2n1. The van der Waals surface area contributed by atoms with Crippen molar-refractivity contribution in [3.63, 3.8) is 0 Å². The Morgan fingerprint density at radius 1 is 1.44 bits per heavy atom. The van der Waals surface area contributed by atoms with Crippen LogP contribution in [-0.4, -0.2) is 14.6 Å². The third-order valence-corrected chi connectivity index (χ3v) is 2.67. The molecule has 0 aromatic carbocycles. The highest BCUT2D eigenvalue weighted by Crippen LogP contribution is 2.19. The van der Waals surface area contributed by atoms with E-state index in [1.54, 1.807) is 10.8 Å². The van der Waals surface area contributed by atoms with Gasteiger partial charge in [0.15, 0.2) is 11.4 Å². The highest BCUT2D eigenvalue weighted by molar-refractivity contribution is 7.71. The molecular formula is C11H9N3OS. The van der Waals surface area contributed by atoms with Crippen LogP contribution in [0.15, 0.2) is 34.9 Å². The van der Waals surface area contributed by atoms with Crippen LogP contribution in [0.25, 0.3) is 17.1 Å². The number of nitrogens with zero attached hydrogens (tertiary/aromatic N) is 2. The van der Waals surface area contributed by atoms with Crippen LogP contribution in [0, 0.1) is 11.6 Å². The van der Waals surface area contributed by atoms with Crippen LogP contribution in [0.2, 0.25) is 0 Å². The second-order valence-electron chi connectivity index (χ2n) is 3.58. The first-order chi connectivity index (χ1) is 7.74. The number of furan rings is 1. The second-order valence-corrected chi connectivity index (χ2v) is 3.99. The summed E-state index contributed by atoms with van der Waals surface area (Å²) in [4.78, 5) is 4.39. The van der Waals surface area contributed by atoms with E-state index in [1.807, 2.05) is 31.2 Å². The van der Waals surface area contributed by atoms with Gasteiger partial charge < -0.3 is 4.42 Å². The fraction of sp³-hybridized carbons (Fsp3) is 0.0909. The summed E-state index contributed by atoms with van der Waals surface area (Å²) >= 11 is 5.25. The third-order valence-electron chi connectivity index (χ3n) is 2.37. The van der Waals surface area contributed by atoms with E-state index >= 15 is 0 Å². The Morgan fingerprint density at radius 2 is 2.31 bits per heavy atom. The minimum absolute atomic E-state index is 0.709. The van der Waals surface area contributed by atoms with Gasteiger partial charge in [0.25, 0.3) is 0 Å². The predicted molar refractivity (Wildman–Crippen MR) is 62.8 cm³/mol. The van der Waals surface area contributed by atoms with Crippen molar-refractivity contribution in [1.82, 2.24) is 14.6 Å². The maximum absolute atomic E-state index is 5.31. The van der Waals surface area contributed by atoms with Gasteiger partial charge in [0, 0.05) is 11.8 Å². The molecule has 0 radical (unpaired) electrons. The molecule has 0 spiro atoms. The number of hydrogen-bond acceptors (Lipinski definition) is 3. The van der Waals surface area contributed by atoms with Gasteiger partial charge in [-0.3, -0.25) is 5.10 Å². The van der Waals surface area contributed by atoms with E-state index < -0.39 is 0 Å². The third kappa shape index (κ3) is 1.37. The number of fused-ring (bicyclic) bond motifs is 1. The van der Waals surface area contributed by atoms with E-state index in [4.69, 9.17) is 16.6 Å². The lowest BCUT2D eigenvalue weighted by atomic mass is 10.3. The van der Waals surface area contributed by atoms with Gasteiger partial charge in [-0.25, -0.2) is 9.50 Å². The van der Waals surface area contributed by atoms with Crippen molar-refractivity contribution < 1.29 is 4.42 Å². The molecule has 0 amide bonds. The number of aryl methyl sites for hydroxylation is 1. The van der Waals surface area contributed by atoms with Crippen molar-refractivity contribution in [3.05, 3.63) is 40.9 Å². The molecule has 0 bridgehead atoms. The summed E-state index contributed by atoms with van der Waals surface area (Å²) in [5.41, 5.74) is 2.58. The number of aromatic amines is 1. The average molecular weight is 231 g/mol. The zero-order valence-corrected chi connectivity index (χ0v) is 9.41. The molecule has 0 saturated heterocycles. The van der Waals surface area contributed by atoms with Crippen LogP contribution in [-0.2, 0) is 0 Å². The first-order valence-electron chi connectivity index (χ1n) is 4.87. The Balaban J connectivity index is 2.31. The van der Waals surface area contributed by atoms with Gasteiger partial charge in [0.1, 0.15) is 10.3 Å². The Bertz CT molecular complexity index is 694. The first kappa shape index (κ1) is 9.35. The van der Waals surface area contributed by atoms with Crippen LogP contribution in [0.3, 0.4) is 0 Å². The molecule has 0 fully saturated rings. The van der Waals surface area contributed by atoms with Crippen molar-refractivity contribution >= 4 is 17.9 Å². The Morgan fingerprint density at radius 3 is 3.06 bits per heavy atom. The number of nitrogens with one attached hydrogen (secondary N) is 1. The van der Waals surface area contributed by atoms with Gasteiger partial charge >= 0.3 is 0 Å². The molecule has 80 valence electrons. The summed E-state index contributed by atoms with van der Waals surface area (Å²) in [6.45, 7) is 1.93. The quantitative estimate of drug-likeness (QED) is 0.655. The molecule has 4 nitrogen and oxygen atoms in total. The van der Waals surface area contributed by atoms with Crippen molar-refractivity contribution in [3.8, 4) is 11.5 Å². The maximum Gasteiger partial charge on any atom is 0.155 e. The number of hydrogen-bond donors (Lipinski definition) is 1. The zero-order chi connectivity index (χ0) is 11.1. The summed E-state index contributed by atoms with van der Waals surface area (Å²) in [5, 5.41) is 3.15.